The van der Waals surface area contributed by atoms with Gasteiger partial charge < -0.3 is 4.90 Å². The quantitative estimate of drug-likeness (QED) is 0.491. The summed E-state index contributed by atoms with van der Waals surface area (Å²) in [4.78, 5) is 4.79. The molecule has 4 unspecified atom stereocenters. The molecular weight excluding hydrogens is 402 g/mol. The maximum absolute atomic E-state index is 12.8. The van der Waals surface area contributed by atoms with Gasteiger partial charge >= 0.3 is 0 Å². The molecule has 180 valence electrons. The Morgan fingerprint density at radius 3 is 1.75 bits per heavy atom. The first-order valence-electron chi connectivity index (χ1n) is 12.0. The van der Waals surface area contributed by atoms with Crippen LogP contribution < -0.4 is 0 Å². The van der Waals surface area contributed by atoms with E-state index in [4.69, 9.17) is 0 Å². The molecule has 3 rings (SSSR count). The highest BCUT2D eigenvalue weighted by atomic mass is 19.1. The van der Waals surface area contributed by atoms with Crippen LogP contribution in [0, 0.1) is 18.7 Å². The molecular formula is C28H44F2N2. The van der Waals surface area contributed by atoms with Gasteiger partial charge in [-0.25, -0.2) is 4.39 Å². The summed E-state index contributed by atoms with van der Waals surface area (Å²) in [5, 5.41) is 0. The van der Waals surface area contributed by atoms with Gasteiger partial charge in [-0.3, -0.25) is 9.29 Å². The topological polar surface area (TPSA) is 6.48 Å². The Morgan fingerprint density at radius 1 is 0.875 bits per heavy atom. The van der Waals surface area contributed by atoms with E-state index < -0.39 is 0 Å². The van der Waals surface area contributed by atoms with Gasteiger partial charge in [0.25, 0.3) is 0 Å². The van der Waals surface area contributed by atoms with E-state index in [1.165, 1.54) is 23.3 Å². The predicted octanol–water partition coefficient (Wildman–Crippen LogP) is 6.93. The minimum atomic E-state index is -0.203. The molecule has 1 aliphatic rings. The molecule has 0 spiro atoms. The average molecular weight is 447 g/mol. The molecule has 4 heteroatoms. The van der Waals surface area contributed by atoms with Crippen molar-refractivity contribution in [1.82, 2.24) is 9.80 Å². The zero-order valence-electron chi connectivity index (χ0n) is 21.4. The Morgan fingerprint density at radius 2 is 1.31 bits per heavy atom. The highest BCUT2D eigenvalue weighted by Gasteiger charge is 2.28. The first kappa shape index (κ1) is 28.3. The second-order valence-corrected chi connectivity index (χ2v) is 9.06. The van der Waals surface area contributed by atoms with Gasteiger partial charge in [-0.2, -0.15) is 0 Å². The normalized spacial score (nSPS) is 20.9. The summed E-state index contributed by atoms with van der Waals surface area (Å²) < 4.78 is 25.2. The van der Waals surface area contributed by atoms with Crippen molar-refractivity contribution in [2.24, 2.45) is 5.92 Å². The van der Waals surface area contributed by atoms with E-state index in [1.54, 1.807) is 0 Å². The predicted molar refractivity (Wildman–Crippen MR) is 135 cm³/mol. The number of hydrogen-bond donors (Lipinski definition) is 0. The summed E-state index contributed by atoms with van der Waals surface area (Å²) in [6, 6.07) is 16.3. The van der Waals surface area contributed by atoms with E-state index in [0.717, 1.165) is 25.2 Å². The molecule has 1 fully saturated rings. The lowest BCUT2D eigenvalue weighted by atomic mass is 9.93. The zero-order valence-corrected chi connectivity index (χ0v) is 21.4. The molecule has 0 N–H and O–H groups in total. The molecule has 0 radical (unpaired) electrons. The molecule has 2 nitrogen and oxygen atoms in total. The monoisotopic (exact) mass is 446 g/mol. The zero-order chi connectivity index (χ0) is 24.3. The number of hydrogen-bond acceptors (Lipinski definition) is 2. The largest absolute Gasteiger partial charge is 0.303 e. The summed E-state index contributed by atoms with van der Waals surface area (Å²) in [6.07, 6.45) is 0. The van der Waals surface area contributed by atoms with Crippen LogP contribution in [0.3, 0.4) is 0 Å². The lowest BCUT2D eigenvalue weighted by Gasteiger charge is -2.44. The van der Waals surface area contributed by atoms with Gasteiger partial charge in [0.2, 0.25) is 0 Å². The van der Waals surface area contributed by atoms with Gasteiger partial charge in [0.05, 0.1) is 6.67 Å². The average Bonchev–Trinajstić information content (AvgIpc) is 2.78. The number of halogens is 2. The lowest BCUT2D eigenvalue weighted by molar-refractivity contribution is 0.0384. The molecule has 4 atom stereocenters. The highest BCUT2D eigenvalue weighted by molar-refractivity contribution is 5.33. The smallest absolute Gasteiger partial charge is 0.123 e. The van der Waals surface area contributed by atoms with Crippen LogP contribution in [-0.2, 0) is 0 Å². The van der Waals surface area contributed by atoms with Crippen LogP contribution in [0.15, 0.2) is 48.5 Å². The number of likely N-dealkylation sites (N-methyl/N-ethyl adjacent to an activating group) is 1. The second kappa shape index (κ2) is 14.4. The fourth-order valence-electron chi connectivity index (χ4n) is 4.19. The first-order chi connectivity index (χ1) is 15.2. The van der Waals surface area contributed by atoms with Crippen molar-refractivity contribution < 1.29 is 8.78 Å². The van der Waals surface area contributed by atoms with E-state index in [0.29, 0.717) is 18.0 Å². The fraction of sp³-hybridized carbons (Fsp3) is 0.571. The molecule has 0 saturated carbocycles. The fourth-order valence-corrected chi connectivity index (χ4v) is 4.19. The van der Waals surface area contributed by atoms with Crippen molar-refractivity contribution in [3.05, 3.63) is 71.0 Å². The molecule has 2 aromatic carbocycles. The van der Waals surface area contributed by atoms with Crippen molar-refractivity contribution in [3.63, 3.8) is 0 Å². The number of nitrogens with zero attached hydrogens (tertiary/aromatic N) is 2. The summed E-state index contributed by atoms with van der Waals surface area (Å²) in [5.74, 6) is 0.296. The minimum absolute atomic E-state index is 0.170. The van der Waals surface area contributed by atoms with Crippen molar-refractivity contribution in [1.29, 1.82) is 0 Å². The molecule has 1 aliphatic heterocycles. The number of piperazine rings is 1. The van der Waals surface area contributed by atoms with Gasteiger partial charge in [0.15, 0.2) is 0 Å². The first-order valence-corrected chi connectivity index (χ1v) is 12.0. The Kier molecular flexibility index (Phi) is 12.7. The Labute approximate surface area is 195 Å². The minimum Gasteiger partial charge on any atom is -0.303 e. The van der Waals surface area contributed by atoms with Crippen molar-refractivity contribution in [3.8, 4) is 0 Å². The third-order valence-electron chi connectivity index (χ3n) is 6.02. The third-order valence-corrected chi connectivity index (χ3v) is 6.02. The van der Waals surface area contributed by atoms with Gasteiger partial charge in [0, 0.05) is 37.6 Å². The molecule has 0 bridgehead atoms. The standard InChI is InChI=1S/C15H15F.C11H23FN2.C2H6/c1-11-3-5-13(6-4-11)12(2)14-7-9-15(16)10-8-14;1-9(5-12)6-14-10(2)7-13(4)8-11(14)3;1-2/h3-10,12H,1-2H3;9-11H,5-8H2,1-4H3;1-2H3. The van der Waals surface area contributed by atoms with E-state index in [-0.39, 0.29) is 18.4 Å². The Balaban J connectivity index is 0.000000300. The van der Waals surface area contributed by atoms with Crippen LogP contribution in [0.5, 0.6) is 0 Å². The van der Waals surface area contributed by atoms with E-state index in [2.05, 4.69) is 68.8 Å². The van der Waals surface area contributed by atoms with Crippen molar-refractivity contribution >= 4 is 0 Å². The number of alkyl halides is 1. The number of aryl methyl sites for hydroxylation is 1. The van der Waals surface area contributed by atoms with Crippen molar-refractivity contribution in [2.45, 2.75) is 66.5 Å². The van der Waals surface area contributed by atoms with E-state index >= 15 is 0 Å². The highest BCUT2D eigenvalue weighted by Crippen LogP contribution is 2.24. The molecule has 32 heavy (non-hydrogen) atoms. The van der Waals surface area contributed by atoms with Crippen LogP contribution >= 0.6 is 0 Å². The molecule has 1 heterocycles. The Hall–Kier alpha value is -1.78. The van der Waals surface area contributed by atoms with Crippen molar-refractivity contribution in [2.75, 3.05) is 33.4 Å². The maximum atomic E-state index is 12.8. The van der Waals surface area contributed by atoms with Crippen LogP contribution in [0.4, 0.5) is 8.78 Å². The summed E-state index contributed by atoms with van der Waals surface area (Å²) in [6.45, 7) is 17.6. The van der Waals surface area contributed by atoms with E-state index in [1.807, 2.05) is 32.9 Å². The molecule has 0 aromatic heterocycles. The maximum Gasteiger partial charge on any atom is 0.123 e. The molecule has 1 saturated heterocycles. The van der Waals surface area contributed by atoms with Crippen LogP contribution in [-0.4, -0.2) is 55.2 Å². The molecule has 0 amide bonds. The number of rotatable bonds is 5. The lowest BCUT2D eigenvalue weighted by Crippen LogP contribution is -2.56. The SMILES string of the molecule is CC.CC(CF)CN1C(C)CN(C)CC1C.Cc1ccc(C(C)c2ccc(F)cc2)cc1. The van der Waals surface area contributed by atoms with Gasteiger partial charge in [-0.15, -0.1) is 0 Å². The third kappa shape index (κ3) is 8.99. The van der Waals surface area contributed by atoms with Crippen LogP contribution in [0.1, 0.15) is 64.2 Å². The summed E-state index contributed by atoms with van der Waals surface area (Å²) in [7, 11) is 2.16. The molecule has 0 aliphatic carbocycles. The summed E-state index contributed by atoms with van der Waals surface area (Å²) >= 11 is 0. The Bertz CT molecular complexity index is 688. The summed E-state index contributed by atoms with van der Waals surface area (Å²) in [5.41, 5.74) is 3.66. The van der Waals surface area contributed by atoms with Gasteiger partial charge in [0.1, 0.15) is 5.82 Å². The van der Waals surface area contributed by atoms with Gasteiger partial charge in [-0.1, -0.05) is 69.7 Å². The molecule has 2 aromatic rings. The number of benzene rings is 2. The second-order valence-electron chi connectivity index (χ2n) is 9.06. The van der Waals surface area contributed by atoms with Crippen LogP contribution in [0.2, 0.25) is 0 Å². The van der Waals surface area contributed by atoms with Crippen LogP contribution in [0.25, 0.3) is 0 Å². The van der Waals surface area contributed by atoms with E-state index in [9.17, 15) is 8.78 Å². The van der Waals surface area contributed by atoms with Gasteiger partial charge in [-0.05, 0) is 57.0 Å².